The average Bonchev–Trinajstić information content (AvgIpc) is 2.86. The second-order valence-corrected chi connectivity index (χ2v) is 9.22. The molecule has 5 rings (SSSR count). The minimum absolute atomic E-state index is 0.0830. The Labute approximate surface area is 212 Å². The summed E-state index contributed by atoms with van der Waals surface area (Å²) in [6, 6.07) is 10.8. The SMILES string of the molecule is CN1CCN(c2ccc(Nc3ncc4c(n3)OCN(c3c(Cl)cccc3Cl)C4=O)cc2CO)CC1. The van der Waals surface area contributed by atoms with Crippen molar-refractivity contribution >= 4 is 52.1 Å². The zero-order valence-corrected chi connectivity index (χ0v) is 20.6. The number of nitrogens with zero attached hydrogens (tertiary/aromatic N) is 5. The number of nitrogens with one attached hydrogen (secondary N) is 1. The minimum atomic E-state index is -0.355. The van der Waals surface area contributed by atoms with E-state index < -0.39 is 0 Å². The zero-order chi connectivity index (χ0) is 24.5. The number of aliphatic hydroxyl groups excluding tert-OH is 1. The van der Waals surface area contributed by atoms with Crippen LogP contribution in [0.5, 0.6) is 5.88 Å². The van der Waals surface area contributed by atoms with Gasteiger partial charge in [-0.2, -0.15) is 4.98 Å². The van der Waals surface area contributed by atoms with Crippen molar-refractivity contribution in [3.8, 4) is 5.88 Å². The summed E-state index contributed by atoms with van der Waals surface area (Å²) in [4.78, 5) is 27.7. The Hall–Kier alpha value is -3.11. The third-order valence-electron chi connectivity index (χ3n) is 6.12. The second kappa shape index (κ2) is 9.87. The number of benzene rings is 2. The highest BCUT2D eigenvalue weighted by molar-refractivity contribution is 6.40. The highest BCUT2D eigenvalue weighted by Gasteiger charge is 2.31. The van der Waals surface area contributed by atoms with Gasteiger partial charge in [-0.15, -0.1) is 0 Å². The molecule has 0 radical (unpaired) electrons. The lowest BCUT2D eigenvalue weighted by Gasteiger charge is -2.35. The first-order valence-electron chi connectivity index (χ1n) is 11.1. The summed E-state index contributed by atoms with van der Waals surface area (Å²) in [6.07, 6.45) is 1.41. The standard InChI is InChI=1S/C24H24Cl2N6O3/c1-30-7-9-31(10-8-30)20-6-5-16(11-15(20)13-33)28-24-27-12-17-22(29-24)35-14-32(23(17)34)21-18(25)3-2-4-19(21)26/h2-6,11-12,33H,7-10,13-14H2,1H3,(H,27,28,29). The lowest BCUT2D eigenvalue weighted by Crippen LogP contribution is -2.44. The molecule has 11 heteroatoms. The molecule has 182 valence electrons. The van der Waals surface area contributed by atoms with Crippen LogP contribution < -0.4 is 19.9 Å². The first kappa shape index (κ1) is 23.6. The Balaban J connectivity index is 1.35. The van der Waals surface area contributed by atoms with E-state index in [2.05, 4.69) is 32.1 Å². The summed E-state index contributed by atoms with van der Waals surface area (Å²) in [6.45, 7) is 3.61. The number of piperazine rings is 1. The number of fused-ring (bicyclic) bond motifs is 1. The Morgan fingerprint density at radius 3 is 2.57 bits per heavy atom. The van der Waals surface area contributed by atoms with Gasteiger partial charge in [-0.1, -0.05) is 29.3 Å². The maximum absolute atomic E-state index is 13.1. The fraction of sp³-hybridized carbons (Fsp3) is 0.292. The normalized spacial score (nSPS) is 16.2. The lowest BCUT2D eigenvalue weighted by atomic mass is 10.1. The number of carbonyl (C=O) groups excluding carboxylic acids is 1. The van der Waals surface area contributed by atoms with Crippen molar-refractivity contribution in [3.05, 3.63) is 63.8 Å². The summed E-state index contributed by atoms with van der Waals surface area (Å²) in [5.41, 5.74) is 3.14. The summed E-state index contributed by atoms with van der Waals surface area (Å²) >= 11 is 12.5. The topological polar surface area (TPSA) is 94.1 Å². The molecule has 0 bridgehead atoms. The van der Waals surface area contributed by atoms with Gasteiger partial charge in [0.2, 0.25) is 11.8 Å². The molecule has 2 aliphatic rings. The Morgan fingerprint density at radius 1 is 1.11 bits per heavy atom. The van der Waals surface area contributed by atoms with E-state index in [9.17, 15) is 9.90 Å². The number of hydrogen-bond donors (Lipinski definition) is 2. The van der Waals surface area contributed by atoms with Crippen molar-refractivity contribution in [1.82, 2.24) is 14.9 Å². The third-order valence-corrected chi connectivity index (χ3v) is 6.73. The quantitative estimate of drug-likeness (QED) is 0.531. The fourth-order valence-electron chi connectivity index (χ4n) is 4.20. The predicted molar refractivity (Wildman–Crippen MR) is 136 cm³/mol. The molecular weight excluding hydrogens is 491 g/mol. The van der Waals surface area contributed by atoms with Gasteiger partial charge in [-0.25, -0.2) is 4.98 Å². The third kappa shape index (κ3) is 4.72. The molecular formula is C24H24Cl2N6O3. The monoisotopic (exact) mass is 514 g/mol. The molecule has 2 aromatic carbocycles. The van der Waals surface area contributed by atoms with Crippen molar-refractivity contribution in [2.45, 2.75) is 6.61 Å². The lowest BCUT2D eigenvalue weighted by molar-refractivity contribution is 0.0932. The van der Waals surface area contributed by atoms with Gasteiger partial charge in [0.15, 0.2) is 6.73 Å². The van der Waals surface area contributed by atoms with Crippen LogP contribution in [0.25, 0.3) is 0 Å². The van der Waals surface area contributed by atoms with Crippen molar-refractivity contribution in [2.75, 3.05) is 55.1 Å². The zero-order valence-electron chi connectivity index (χ0n) is 19.0. The molecule has 2 aliphatic heterocycles. The first-order chi connectivity index (χ1) is 16.9. The van der Waals surface area contributed by atoms with E-state index in [0.29, 0.717) is 15.7 Å². The van der Waals surface area contributed by atoms with Gasteiger partial charge in [-0.3, -0.25) is 9.69 Å². The number of para-hydroxylation sites is 1. The smallest absolute Gasteiger partial charge is 0.268 e. The number of carbonyl (C=O) groups is 1. The molecule has 1 fully saturated rings. The van der Waals surface area contributed by atoms with E-state index in [-0.39, 0.29) is 36.6 Å². The Morgan fingerprint density at radius 2 is 1.86 bits per heavy atom. The van der Waals surface area contributed by atoms with Crippen molar-refractivity contribution < 1.29 is 14.6 Å². The number of aliphatic hydroxyl groups is 1. The number of halogens is 2. The predicted octanol–water partition coefficient (Wildman–Crippen LogP) is 3.77. The minimum Gasteiger partial charge on any atom is -0.455 e. The summed E-state index contributed by atoms with van der Waals surface area (Å²) in [5.74, 6) is 0.0901. The van der Waals surface area contributed by atoms with Gasteiger partial charge in [0, 0.05) is 49.3 Å². The van der Waals surface area contributed by atoms with Gasteiger partial charge in [-0.05, 0) is 37.4 Å². The van der Waals surface area contributed by atoms with Crippen LogP contribution in [0.3, 0.4) is 0 Å². The highest BCUT2D eigenvalue weighted by atomic mass is 35.5. The van der Waals surface area contributed by atoms with E-state index in [4.69, 9.17) is 27.9 Å². The van der Waals surface area contributed by atoms with Crippen LogP contribution in [-0.2, 0) is 6.61 Å². The van der Waals surface area contributed by atoms with Gasteiger partial charge >= 0.3 is 0 Å². The van der Waals surface area contributed by atoms with Crippen LogP contribution >= 0.6 is 23.2 Å². The molecule has 3 aromatic rings. The number of rotatable bonds is 5. The van der Waals surface area contributed by atoms with Crippen LogP contribution in [0.4, 0.5) is 23.0 Å². The van der Waals surface area contributed by atoms with Crippen molar-refractivity contribution in [2.24, 2.45) is 0 Å². The van der Waals surface area contributed by atoms with E-state index in [0.717, 1.165) is 43.1 Å². The van der Waals surface area contributed by atoms with Gasteiger partial charge in [0.1, 0.15) is 5.56 Å². The molecule has 0 atom stereocenters. The Bertz CT molecular complexity index is 1250. The van der Waals surface area contributed by atoms with Crippen LogP contribution in [0.1, 0.15) is 15.9 Å². The molecule has 2 N–H and O–H groups in total. The fourth-order valence-corrected chi connectivity index (χ4v) is 4.80. The molecule has 0 unspecified atom stereocenters. The van der Waals surface area contributed by atoms with Crippen LogP contribution in [0.15, 0.2) is 42.6 Å². The van der Waals surface area contributed by atoms with Crippen molar-refractivity contribution in [3.63, 3.8) is 0 Å². The second-order valence-electron chi connectivity index (χ2n) is 8.41. The number of ether oxygens (including phenoxy) is 1. The molecule has 35 heavy (non-hydrogen) atoms. The average molecular weight is 515 g/mol. The van der Waals surface area contributed by atoms with Crippen LogP contribution in [-0.4, -0.2) is 65.8 Å². The molecule has 0 saturated carbocycles. The van der Waals surface area contributed by atoms with Crippen LogP contribution in [0, 0.1) is 0 Å². The maximum Gasteiger partial charge on any atom is 0.268 e. The van der Waals surface area contributed by atoms with E-state index in [1.165, 1.54) is 11.1 Å². The van der Waals surface area contributed by atoms with Crippen molar-refractivity contribution in [1.29, 1.82) is 0 Å². The largest absolute Gasteiger partial charge is 0.455 e. The molecule has 9 nitrogen and oxygen atoms in total. The first-order valence-corrected chi connectivity index (χ1v) is 11.9. The van der Waals surface area contributed by atoms with Crippen LogP contribution in [0.2, 0.25) is 10.0 Å². The van der Waals surface area contributed by atoms with E-state index in [1.807, 2.05) is 18.2 Å². The summed E-state index contributed by atoms with van der Waals surface area (Å²) < 4.78 is 5.75. The highest BCUT2D eigenvalue weighted by Crippen LogP contribution is 2.37. The molecule has 1 amide bonds. The number of anilines is 4. The van der Waals surface area contributed by atoms with E-state index >= 15 is 0 Å². The Kier molecular flexibility index (Phi) is 6.66. The number of aromatic nitrogens is 2. The number of amides is 1. The maximum atomic E-state index is 13.1. The summed E-state index contributed by atoms with van der Waals surface area (Å²) in [5, 5.41) is 13.8. The van der Waals surface area contributed by atoms with Gasteiger partial charge < -0.3 is 25.0 Å². The molecule has 1 aromatic heterocycles. The molecule has 0 spiro atoms. The molecule has 1 saturated heterocycles. The van der Waals surface area contributed by atoms with Gasteiger partial charge in [0.25, 0.3) is 5.91 Å². The molecule has 0 aliphatic carbocycles. The number of hydrogen-bond acceptors (Lipinski definition) is 8. The van der Waals surface area contributed by atoms with Gasteiger partial charge in [0.05, 0.1) is 22.3 Å². The van der Waals surface area contributed by atoms with E-state index in [1.54, 1.807) is 18.2 Å². The molecule has 3 heterocycles. The number of likely N-dealkylation sites (N-methyl/N-ethyl adjacent to an activating group) is 1. The summed E-state index contributed by atoms with van der Waals surface area (Å²) in [7, 11) is 2.11.